The number of aliphatic hydroxyl groups excluding tert-OH is 1. The van der Waals surface area contributed by atoms with Crippen LogP contribution in [0.15, 0.2) is 30.3 Å². The van der Waals surface area contributed by atoms with Crippen LogP contribution in [0.4, 0.5) is 0 Å². The van der Waals surface area contributed by atoms with E-state index in [1.165, 1.54) is 7.11 Å². The van der Waals surface area contributed by atoms with E-state index in [1.807, 2.05) is 30.3 Å². The number of ether oxygens (including phenoxy) is 2. The highest BCUT2D eigenvalue weighted by Gasteiger charge is 2.18. The highest BCUT2D eigenvalue weighted by atomic mass is 16.5. The molecule has 0 aromatic heterocycles. The minimum Gasteiger partial charge on any atom is -0.469 e. The molecule has 0 unspecified atom stereocenters. The van der Waals surface area contributed by atoms with E-state index >= 15 is 0 Å². The molecule has 0 saturated heterocycles. The molecule has 104 valence electrons. The third-order valence-electron chi connectivity index (χ3n) is 2.61. The van der Waals surface area contributed by atoms with Crippen molar-refractivity contribution in [3.8, 4) is 0 Å². The van der Waals surface area contributed by atoms with Crippen molar-refractivity contribution in [2.24, 2.45) is 0 Å². The van der Waals surface area contributed by atoms with E-state index in [2.05, 4.69) is 4.74 Å². The second-order valence-electron chi connectivity index (χ2n) is 4.18. The lowest BCUT2D eigenvalue weighted by molar-refractivity contribution is -0.152. The number of benzene rings is 1. The van der Waals surface area contributed by atoms with E-state index in [1.54, 1.807) is 6.92 Å². The molecule has 5 heteroatoms. The lowest BCUT2D eigenvalue weighted by atomic mass is 10.1. The molecule has 0 saturated carbocycles. The predicted octanol–water partition coefficient (Wildman–Crippen LogP) is 1.60. The van der Waals surface area contributed by atoms with Gasteiger partial charge in [-0.25, -0.2) is 0 Å². The summed E-state index contributed by atoms with van der Waals surface area (Å²) in [5.74, 6) is -1.11. The smallest absolute Gasteiger partial charge is 0.309 e. The van der Waals surface area contributed by atoms with Crippen molar-refractivity contribution in [2.75, 3.05) is 7.11 Å². The van der Waals surface area contributed by atoms with Crippen LogP contribution in [0.3, 0.4) is 0 Å². The Hall–Kier alpha value is -1.88. The van der Waals surface area contributed by atoms with Crippen LogP contribution in [0.5, 0.6) is 0 Å². The van der Waals surface area contributed by atoms with Crippen LogP contribution in [-0.4, -0.2) is 30.3 Å². The van der Waals surface area contributed by atoms with Crippen LogP contribution in [0, 0.1) is 0 Å². The van der Waals surface area contributed by atoms with Crippen molar-refractivity contribution < 1.29 is 24.2 Å². The normalized spacial score (nSPS) is 13.4. The molecule has 0 heterocycles. The number of hydrogen-bond acceptors (Lipinski definition) is 5. The standard InChI is InChI=1S/C14H18O5/c1-10(11-6-4-3-5-7-11)19-14(17)9-12(15)8-13(16)18-2/h3-7,10,12,15H,8-9H2,1-2H3/t10-,12-/m1/s1. The van der Waals surface area contributed by atoms with E-state index in [0.29, 0.717) is 0 Å². The Balaban J connectivity index is 2.41. The summed E-state index contributed by atoms with van der Waals surface area (Å²) >= 11 is 0. The molecule has 19 heavy (non-hydrogen) atoms. The lowest BCUT2D eigenvalue weighted by Gasteiger charge is -2.15. The van der Waals surface area contributed by atoms with Crippen LogP contribution in [-0.2, 0) is 19.1 Å². The van der Waals surface area contributed by atoms with Gasteiger partial charge in [0.15, 0.2) is 0 Å². The van der Waals surface area contributed by atoms with Gasteiger partial charge in [-0.2, -0.15) is 0 Å². The molecule has 0 fully saturated rings. The fourth-order valence-electron chi connectivity index (χ4n) is 1.58. The summed E-state index contributed by atoms with van der Waals surface area (Å²) in [6.07, 6.45) is -1.92. The Morgan fingerprint density at radius 1 is 1.16 bits per heavy atom. The van der Waals surface area contributed by atoms with Gasteiger partial charge >= 0.3 is 11.9 Å². The molecule has 1 N–H and O–H groups in total. The van der Waals surface area contributed by atoms with Crippen LogP contribution < -0.4 is 0 Å². The van der Waals surface area contributed by atoms with E-state index in [9.17, 15) is 14.7 Å². The number of methoxy groups -OCH3 is 1. The fourth-order valence-corrected chi connectivity index (χ4v) is 1.58. The largest absolute Gasteiger partial charge is 0.469 e. The third kappa shape index (κ3) is 5.52. The van der Waals surface area contributed by atoms with Crippen LogP contribution >= 0.6 is 0 Å². The van der Waals surface area contributed by atoms with E-state index in [0.717, 1.165) is 5.56 Å². The van der Waals surface area contributed by atoms with Crippen LogP contribution in [0.1, 0.15) is 31.4 Å². The maximum atomic E-state index is 11.6. The third-order valence-corrected chi connectivity index (χ3v) is 2.61. The van der Waals surface area contributed by atoms with Crippen molar-refractivity contribution in [3.63, 3.8) is 0 Å². The van der Waals surface area contributed by atoms with Crippen molar-refractivity contribution in [2.45, 2.75) is 32.0 Å². The monoisotopic (exact) mass is 266 g/mol. The topological polar surface area (TPSA) is 72.8 Å². The number of esters is 2. The lowest BCUT2D eigenvalue weighted by Crippen LogP contribution is -2.20. The van der Waals surface area contributed by atoms with Gasteiger partial charge in [0, 0.05) is 0 Å². The van der Waals surface area contributed by atoms with Crippen LogP contribution in [0.2, 0.25) is 0 Å². The Kier molecular flexibility index (Phi) is 6.02. The number of hydrogen-bond donors (Lipinski definition) is 1. The molecular formula is C14H18O5. The Morgan fingerprint density at radius 3 is 2.32 bits per heavy atom. The van der Waals surface area contributed by atoms with E-state index < -0.39 is 18.0 Å². The van der Waals surface area contributed by atoms with Crippen LogP contribution in [0.25, 0.3) is 0 Å². The molecule has 0 bridgehead atoms. The highest BCUT2D eigenvalue weighted by molar-refractivity contribution is 5.73. The van der Waals surface area contributed by atoms with Gasteiger partial charge < -0.3 is 14.6 Å². The summed E-state index contributed by atoms with van der Waals surface area (Å²) in [5.41, 5.74) is 0.873. The van der Waals surface area contributed by atoms with Gasteiger partial charge in [0.1, 0.15) is 6.10 Å². The van der Waals surface area contributed by atoms with Gasteiger partial charge in [0.2, 0.25) is 0 Å². The Labute approximate surface area is 112 Å². The predicted molar refractivity (Wildman–Crippen MR) is 68.2 cm³/mol. The average molecular weight is 266 g/mol. The molecular weight excluding hydrogens is 248 g/mol. The average Bonchev–Trinajstić information content (AvgIpc) is 2.39. The van der Waals surface area contributed by atoms with Crippen molar-refractivity contribution in [3.05, 3.63) is 35.9 Å². The first-order chi connectivity index (χ1) is 9.02. The maximum Gasteiger partial charge on any atom is 0.309 e. The first kappa shape index (κ1) is 15.2. The summed E-state index contributed by atoms with van der Waals surface area (Å²) in [6.45, 7) is 1.75. The van der Waals surface area contributed by atoms with E-state index in [4.69, 9.17) is 4.74 Å². The summed E-state index contributed by atoms with van der Waals surface area (Å²) in [7, 11) is 1.23. The van der Waals surface area contributed by atoms with Gasteiger partial charge in [-0.1, -0.05) is 30.3 Å². The summed E-state index contributed by atoms with van der Waals surface area (Å²) < 4.78 is 9.57. The van der Waals surface area contributed by atoms with Gasteiger partial charge in [0.05, 0.1) is 26.1 Å². The molecule has 0 spiro atoms. The summed E-state index contributed by atoms with van der Waals surface area (Å²) in [6, 6.07) is 9.28. The number of aliphatic hydroxyl groups is 1. The Bertz CT molecular complexity index is 415. The molecule has 0 radical (unpaired) electrons. The second-order valence-corrected chi connectivity index (χ2v) is 4.18. The molecule has 0 aliphatic rings. The fraction of sp³-hybridized carbons (Fsp3) is 0.429. The van der Waals surface area contributed by atoms with Gasteiger partial charge in [-0.3, -0.25) is 9.59 Å². The van der Waals surface area contributed by atoms with Gasteiger partial charge in [-0.05, 0) is 12.5 Å². The first-order valence-electron chi connectivity index (χ1n) is 6.02. The zero-order valence-electron chi connectivity index (χ0n) is 11.0. The van der Waals surface area contributed by atoms with Gasteiger partial charge in [-0.15, -0.1) is 0 Å². The highest BCUT2D eigenvalue weighted by Crippen LogP contribution is 2.17. The molecule has 1 rings (SSSR count). The number of carbonyl (C=O) groups is 2. The minimum atomic E-state index is -1.08. The molecule has 0 amide bonds. The first-order valence-corrected chi connectivity index (χ1v) is 6.02. The number of rotatable bonds is 6. The van der Waals surface area contributed by atoms with Crippen molar-refractivity contribution in [1.82, 2.24) is 0 Å². The molecule has 1 aromatic rings. The van der Waals surface area contributed by atoms with E-state index in [-0.39, 0.29) is 18.9 Å². The minimum absolute atomic E-state index is 0.217. The number of carbonyl (C=O) groups excluding carboxylic acids is 2. The zero-order chi connectivity index (χ0) is 14.3. The molecule has 0 aliphatic heterocycles. The van der Waals surface area contributed by atoms with Crippen molar-refractivity contribution >= 4 is 11.9 Å². The SMILES string of the molecule is COC(=O)C[C@@H](O)CC(=O)O[C@H](C)c1ccccc1. The quantitative estimate of drug-likeness (QED) is 0.792. The molecule has 1 aromatic carbocycles. The second kappa shape index (κ2) is 7.53. The molecule has 5 nitrogen and oxygen atoms in total. The zero-order valence-corrected chi connectivity index (χ0v) is 11.0. The van der Waals surface area contributed by atoms with Crippen molar-refractivity contribution in [1.29, 1.82) is 0 Å². The summed E-state index contributed by atoms with van der Waals surface area (Å²) in [5, 5.41) is 9.50. The summed E-state index contributed by atoms with van der Waals surface area (Å²) in [4.78, 5) is 22.5. The maximum absolute atomic E-state index is 11.6. The molecule has 0 aliphatic carbocycles. The Morgan fingerprint density at radius 2 is 1.74 bits per heavy atom. The van der Waals surface area contributed by atoms with Gasteiger partial charge in [0.25, 0.3) is 0 Å². The molecule has 2 atom stereocenters.